The molecular weight excluding hydrogens is 196 g/mol. The number of aliphatic hydroxyl groups excluding tert-OH is 1. The Morgan fingerprint density at radius 3 is 2.62 bits per heavy atom. The second-order valence-electron chi connectivity index (χ2n) is 5.89. The zero-order valence-electron chi connectivity index (χ0n) is 11.4. The zero-order valence-corrected chi connectivity index (χ0v) is 11.4. The van der Waals surface area contributed by atoms with Crippen LogP contribution in [0.3, 0.4) is 0 Å². The van der Waals surface area contributed by atoms with Crippen LogP contribution < -0.4 is 0 Å². The van der Waals surface area contributed by atoms with Crippen LogP contribution in [-0.2, 0) is 0 Å². The minimum atomic E-state index is 0.284. The van der Waals surface area contributed by atoms with E-state index < -0.39 is 0 Å². The fraction of sp³-hybridized carbons (Fsp3) is 0.867. The first-order valence-corrected chi connectivity index (χ1v) is 6.83. The van der Waals surface area contributed by atoms with Gasteiger partial charge >= 0.3 is 0 Å². The molecule has 3 atom stereocenters. The van der Waals surface area contributed by atoms with Crippen molar-refractivity contribution in [3.05, 3.63) is 11.6 Å². The number of rotatable bonds is 4. The van der Waals surface area contributed by atoms with Gasteiger partial charge in [0.25, 0.3) is 0 Å². The molecule has 0 radical (unpaired) electrons. The molecule has 0 aliphatic heterocycles. The maximum atomic E-state index is 8.90. The molecule has 0 saturated heterocycles. The van der Waals surface area contributed by atoms with Gasteiger partial charge in [0.2, 0.25) is 0 Å². The molecule has 0 aromatic heterocycles. The molecule has 0 heterocycles. The molecule has 0 amide bonds. The molecule has 3 unspecified atom stereocenters. The maximum Gasteiger partial charge on any atom is 0.0465 e. The highest BCUT2D eigenvalue weighted by atomic mass is 16.2. The highest BCUT2D eigenvalue weighted by Crippen LogP contribution is 2.41. The van der Waals surface area contributed by atoms with Gasteiger partial charge in [-0.15, -0.1) is 0 Å². The van der Waals surface area contributed by atoms with E-state index in [-0.39, 0.29) is 6.61 Å². The van der Waals surface area contributed by atoms with Gasteiger partial charge in [-0.1, -0.05) is 38.8 Å². The van der Waals surface area contributed by atoms with Crippen LogP contribution in [0.15, 0.2) is 11.6 Å². The van der Waals surface area contributed by atoms with Gasteiger partial charge < -0.3 is 5.11 Å². The largest absolute Gasteiger partial charge is 0.396 e. The van der Waals surface area contributed by atoms with Crippen molar-refractivity contribution >= 4 is 0 Å². The highest BCUT2D eigenvalue weighted by Gasteiger charge is 2.31. The van der Waals surface area contributed by atoms with Gasteiger partial charge in [-0.2, -0.15) is 0 Å². The molecule has 0 spiro atoms. The average molecular weight is 224 g/mol. The van der Waals surface area contributed by atoms with Crippen molar-refractivity contribution in [2.24, 2.45) is 23.7 Å². The van der Waals surface area contributed by atoms with Crippen LogP contribution in [0.5, 0.6) is 0 Å². The smallest absolute Gasteiger partial charge is 0.0465 e. The van der Waals surface area contributed by atoms with Crippen LogP contribution in [0.1, 0.15) is 53.4 Å². The lowest BCUT2D eigenvalue weighted by molar-refractivity contribution is 0.169. The summed E-state index contributed by atoms with van der Waals surface area (Å²) in [5.74, 6) is 3.27. The fourth-order valence-corrected chi connectivity index (χ4v) is 3.17. The van der Waals surface area contributed by atoms with E-state index in [2.05, 4.69) is 33.8 Å². The van der Waals surface area contributed by atoms with Crippen LogP contribution >= 0.6 is 0 Å². The quantitative estimate of drug-likeness (QED) is 0.715. The van der Waals surface area contributed by atoms with E-state index >= 15 is 0 Å². The number of hydrogen-bond donors (Lipinski definition) is 1. The highest BCUT2D eigenvalue weighted by molar-refractivity contribution is 5.07. The summed E-state index contributed by atoms with van der Waals surface area (Å²) in [5, 5.41) is 8.90. The summed E-state index contributed by atoms with van der Waals surface area (Å²) in [5.41, 5.74) is 1.51. The van der Waals surface area contributed by atoms with Crippen molar-refractivity contribution in [2.75, 3.05) is 6.61 Å². The van der Waals surface area contributed by atoms with E-state index in [4.69, 9.17) is 5.11 Å². The number of allylic oxidation sites excluding steroid dienone is 1. The Morgan fingerprint density at radius 2 is 2.06 bits per heavy atom. The average Bonchev–Trinajstić information content (AvgIpc) is 2.25. The summed E-state index contributed by atoms with van der Waals surface area (Å²) in [7, 11) is 0. The summed E-state index contributed by atoms with van der Waals surface area (Å²) in [4.78, 5) is 0. The lowest BCUT2D eigenvalue weighted by Crippen LogP contribution is -2.28. The van der Waals surface area contributed by atoms with Crippen molar-refractivity contribution in [3.8, 4) is 0 Å². The minimum absolute atomic E-state index is 0.284. The van der Waals surface area contributed by atoms with Gasteiger partial charge in [0.05, 0.1) is 0 Å². The topological polar surface area (TPSA) is 20.2 Å². The second kappa shape index (κ2) is 6.44. The molecule has 0 aromatic carbocycles. The first kappa shape index (κ1) is 13.8. The molecular formula is C15H28O. The second-order valence-corrected chi connectivity index (χ2v) is 5.89. The third kappa shape index (κ3) is 3.62. The van der Waals surface area contributed by atoms with Gasteiger partial charge in [-0.3, -0.25) is 0 Å². The Kier molecular flexibility index (Phi) is 5.54. The summed E-state index contributed by atoms with van der Waals surface area (Å²) < 4.78 is 0. The Bertz CT molecular complexity index is 230. The molecule has 1 nitrogen and oxygen atoms in total. The molecule has 94 valence electrons. The van der Waals surface area contributed by atoms with Crippen molar-refractivity contribution in [1.82, 2.24) is 0 Å². The standard InChI is InChI=1S/C15H28O/c1-11(2)14-8-7-12(3)10-15(14)13(4)6-5-9-16/h6,11-12,14-16H,5,7-10H2,1-4H3/b13-6-. The van der Waals surface area contributed by atoms with E-state index in [1.807, 2.05) is 0 Å². The molecule has 16 heavy (non-hydrogen) atoms. The first-order valence-electron chi connectivity index (χ1n) is 6.83. The van der Waals surface area contributed by atoms with Crippen LogP contribution in [0, 0.1) is 23.7 Å². The van der Waals surface area contributed by atoms with E-state index in [0.29, 0.717) is 0 Å². The third-order valence-electron chi connectivity index (χ3n) is 4.20. The summed E-state index contributed by atoms with van der Waals surface area (Å²) in [6.45, 7) is 9.63. The summed E-state index contributed by atoms with van der Waals surface area (Å²) in [6.07, 6.45) is 7.19. The molecule has 1 aliphatic carbocycles. The summed E-state index contributed by atoms with van der Waals surface area (Å²) in [6, 6.07) is 0. The predicted molar refractivity (Wildman–Crippen MR) is 70.3 cm³/mol. The lowest BCUT2D eigenvalue weighted by Gasteiger charge is -2.38. The van der Waals surface area contributed by atoms with E-state index in [1.165, 1.54) is 24.8 Å². The molecule has 1 N–H and O–H groups in total. The number of aliphatic hydroxyl groups is 1. The van der Waals surface area contributed by atoms with Crippen molar-refractivity contribution in [3.63, 3.8) is 0 Å². The predicted octanol–water partition coefficient (Wildman–Crippen LogP) is 4.02. The molecule has 1 fully saturated rings. The Balaban J connectivity index is 2.70. The maximum absolute atomic E-state index is 8.90. The first-order chi connectivity index (χ1) is 7.56. The van der Waals surface area contributed by atoms with Gasteiger partial charge in [-0.25, -0.2) is 0 Å². The van der Waals surface area contributed by atoms with Crippen LogP contribution in [0.4, 0.5) is 0 Å². The van der Waals surface area contributed by atoms with Gasteiger partial charge in [0, 0.05) is 6.61 Å². The van der Waals surface area contributed by atoms with Gasteiger partial charge in [-0.05, 0) is 49.9 Å². The molecule has 1 aliphatic rings. The lowest BCUT2D eigenvalue weighted by atomic mass is 9.67. The Hall–Kier alpha value is -0.300. The molecule has 1 rings (SSSR count). The van der Waals surface area contributed by atoms with Crippen LogP contribution in [-0.4, -0.2) is 11.7 Å². The van der Waals surface area contributed by atoms with Crippen molar-refractivity contribution in [1.29, 1.82) is 0 Å². The van der Waals surface area contributed by atoms with Crippen LogP contribution in [0.2, 0.25) is 0 Å². The monoisotopic (exact) mass is 224 g/mol. The Labute approximate surface area is 101 Å². The summed E-state index contributed by atoms with van der Waals surface area (Å²) >= 11 is 0. The van der Waals surface area contributed by atoms with Crippen molar-refractivity contribution < 1.29 is 5.11 Å². The normalized spacial score (nSPS) is 32.1. The number of hydrogen-bond acceptors (Lipinski definition) is 1. The molecule has 0 aromatic rings. The van der Waals surface area contributed by atoms with Crippen molar-refractivity contribution in [2.45, 2.75) is 53.4 Å². The third-order valence-corrected chi connectivity index (χ3v) is 4.20. The molecule has 1 saturated carbocycles. The SMILES string of the molecule is C/C(=C/CCO)C1CC(C)CCC1C(C)C. The van der Waals surface area contributed by atoms with Gasteiger partial charge in [0.15, 0.2) is 0 Å². The van der Waals surface area contributed by atoms with E-state index in [9.17, 15) is 0 Å². The van der Waals surface area contributed by atoms with E-state index in [1.54, 1.807) is 0 Å². The Morgan fingerprint density at radius 1 is 1.38 bits per heavy atom. The fourth-order valence-electron chi connectivity index (χ4n) is 3.17. The van der Waals surface area contributed by atoms with Crippen LogP contribution in [0.25, 0.3) is 0 Å². The minimum Gasteiger partial charge on any atom is -0.396 e. The van der Waals surface area contributed by atoms with E-state index in [0.717, 1.165) is 30.1 Å². The zero-order chi connectivity index (χ0) is 12.1. The van der Waals surface area contributed by atoms with Gasteiger partial charge in [0.1, 0.15) is 0 Å². The molecule has 0 bridgehead atoms. The molecule has 1 heteroatoms.